The Morgan fingerprint density at radius 1 is 1.18 bits per heavy atom. The van der Waals surface area contributed by atoms with E-state index in [1.165, 1.54) is 25.6 Å². The van der Waals surface area contributed by atoms with Crippen molar-refractivity contribution >= 4 is 39.1 Å². The molecule has 0 fully saturated rings. The number of ether oxygens (including phenoxy) is 3. The highest BCUT2D eigenvalue weighted by Crippen LogP contribution is 2.31. The summed E-state index contributed by atoms with van der Waals surface area (Å²) < 4.78 is 18.8. The van der Waals surface area contributed by atoms with Gasteiger partial charge in [0.25, 0.3) is 5.91 Å². The van der Waals surface area contributed by atoms with Crippen molar-refractivity contribution in [1.29, 1.82) is 0 Å². The second-order valence-electron chi connectivity index (χ2n) is 6.01. The highest BCUT2D eigenvalue weighted by molar-refractivity contribution is 7.16. The summed E-state index contributed by atoms with van der Waals surface area (Å²) in [6, 6.07) is 8.93. The van der Waals surface area contributed by atoms with Crippen LogP contribution < -0.4 is 14.3 Å². The van der Waals surface area contributed by atoms with Gasteiger partial charge in [0.05, 0.1) is 36.6 Å². The molecule has 1 aromatic heterocycles. The lowest BCUT2D eigenvalue weighted by Gasteiger charge is -2.10. The minimum atomic E-state index is -0.405. The number of carbonyl (C=O) groups is 1. The van der Waals surface area contributed by atoms with E-state index in [-0.39, 0.29) is 0 Å². The fraction of sp³-hybridized carbons (Fsp3) is 0.300. The Morgan fingerprint density at radius 3 is 2.64 bits per heavy atom. The van der Waals surface area contributed by atoms with E-state index in [4.69, 9.17) is 25.8 Å². The van der Waals surface area contributed by atoms with Gasteiger partial charge < -0.3 is 18.8 Å². The van der Waals surface area contributed by atoms with E-state index < -0.39 is 5.91 Å². The Balaban J connectivity index is 2.19. The lowest BCUT2D eigenvalue weighted by atomic mass is 10.2. The maximum Gasteiger partial charge on any atom is 0.283 e. The second-order valence-corrected chi connectivity index (χ2v) is 7.42. The van der Waals surface area contributed by atoms with E-state index >= 15 is 0 Å². The normalized spacial score (nSPS) is 11.8. The highest BCUT2D eigenvalue weighted by atomic mass is 35.5. The minimum absolute atomic E-state index is 0.340. The number of fused-ring (bicyclic) bond motifs is 1. The molecule has 0 saturated heterocycles. The van der Waals surface area contributed by atoms with E-state index in [0.29, 0.717) is 40.0 Å². The molecule has 8 heteroatoms. The highest BCUT2D eigenvalue weighted by Gasteiger charge is 2.17. The van der Waals surface area contributed by atoms with Crippen LogP contribution in [0, 0.1) is 6.92 Å². The predicted octanol–water partition coefficient (Wildman–Crippen LogP) is 4.07. The molecule has 148 valence electrons. The van der Waals surface area contributed by atoms with Gasteiger partial charge in [-0.05, 0) is 36.8 Å². The Labute approximate surface area is 171 Å². The van der Waals surface area contributed by atoms with Gasteiger partial charge in [0.2, 0.25) is 0 Å². The maximum atomic E-state index is 13.0. The van der Waals surface area contributed by atoms with Gasteiger partial charge in [0.15, 0.2) is 16.3 Å². The zero-order chi connectivity index (χ0) is 20.3. The van der Waals surface area contributed by atoms with Crippen molar-refractivity contribution < 1.29 is 19.0 Å². The minimum Gasteiger partial charge on any atom is -0.493 e. The van der Waals surface area contributed by atoms with Crippen molar-refractivity contribution in [2.75, 3.05) is 27.9 Å². The van der Waals surface area contributed by atoms with Crippen LogP contribution in [0.15, 0.2) is 35.3 Å². The Morgan fingerprint density at radius 2 is 1.96 bits per heavy atom. The van der Waals surface area contributed by atoms with Gasteiger partial charge in [-0.2, -0.15) is 4.99 Å². The summed E-state index contributed by atoms with van der Waals surface area (Å²) in [5.41, 5.74) is 2.24. The second kappa shape index (κ2) is 8.77. The standard InChI is InChI=1S/C20H21ClN2O4S/c1-12-14(21)8-9-16-17(12)23(10-11-25-2)20(28-16)22-19(24)13-6-5-7-15(26-3)18(13)27-4/h5-9H,10-11H2,1-4H3. The average molecular weight is 421 g/mol. The molecule has 0 spiro atoms. The van der Waals surface area contributed by atoms with Gasteiger partial charge in [-0.15, -0.1) is 0 Å². The van der Waals surface area contributed by atoms with Gasteiger partial charge in [-0.3, -0.25) is 4.79 Å². The number of benzene rings is 2. The first-order chi connectivity index (χ1) is 13.5. The summed E-state index contributed by atoms with van der Waals surface area (Å²) in [4.78, 5) is 17.9. The third-order valence-corrected chi connectivity index (χ3v) is 5.83. The van der Waals surface area contributed by atoms with E-state index in [0.717, 1.165) is 15.8 Å². The number of amides is 1. The number of para-hydroxylation sites is 1. The maximum absolute atomic E-state index is 13.0. The fourth-order valence-corrected chi connectivity index (χ4v) is 4.26. The molecule has 0 aliphatic carbocycles. The molecule has 0 unspecified atom stereocenters. The van der Waals surface area contributed by atoms with Crippen molar-refractivity contribution in [2.45, 2.75) is 13.5 Å². The monoisotopic (exact) mass is 420 g/mol. The number of hydrogen-bond acceptors (Lipinski definition) is 5. The summed E-state index contributed by atoms with van der Waals surface area (Å²) in [5, 5.41) is 0.670. The molecule has 3 aromatic rings. The average Bonchev–Trinajstić information content (AvgIpc) is 3.05. The zero-order valence-electron chi connectivity index (χ0n) is 16.1. The summed E-state index contributed by atoms with van der Waals surface area (Å²) >= 11 is 7.74. The molecular weight excluding hydrogens is 400 g/mol. The zero-order valence-corrected chi connectivity index (χ0v) is 17.7. The van der Waals surface area contributed by atoms with Crippen LogP contribution in [0.1, 0.15) is 15.9 Å². The summed E-state index contributed by atoms with van der Waals surface area (Å²) in [6.45, 7) is 3.00. The molecule has 0 atom stereocenters. The number of hydrogen-bond donors (Lipinski definition) is 0. The SMILES string of the molecule is COCCn1c(=NC(=O)c2cccc(OC)c2OC)sc2ccc(Cl)c(C)c21. The molecule has 1 heterocycles. The summed E-state index contributed by atoms with van der Waals surface area (Å²) in [7, 11) is 4.66. The van der Waals surface area contributed by atoms with Gasteiger partial charge in [0, 0.05) is 18.7 Å². The third kappa shape index (κ3) is 3.78. The Bertz CT molecular complexity index is 1090. The number of aromatic nitrogens is 1. The molecule has 0 N–H and O–H groups in total. The molecule has 2 aromatic carbocycles. The molecule has 0 saturated carbocycles. The van der Waals surface area contributed by atoms with E-state index in [1.54, 1.807) is 25.3 Å². The molecule has 0 bridgehead atoms. The molecule has 6 nitrogen and oxygen atoms in total. The summed E-state index contributed by atoms with van der Waals surface area (Å²) in [6.07, 6.45) is 0. The molecule has 3 rings (SSSR count). The Kier molecular flexibility index (Phi) is 6.39. The van der Waals surface area contributed by atoms with Crippen LogP contribution in [0.25, 0.3) is 10.2 Å². The van der Waals surface area contributed by atoms with E-state index in [9.17, 15) is 4.79 Å². The molecular formula is C20H21ClN2O4S. The van der Waals surface area contributed by atoms with Crippen LogP contribution in [0.4, 0.5) is 0 Å². The van der Waals surface area contributed by atoms with Gasteiger partial charge >= 0.3 is 0 Å². The number of halogens is 1. The molecule has 1 amide bonds. The number of methoxy groups -OCH3 is 3. The Hall–Kier alpha value is -2.35. The number of rotatable bonds is 6. The van der Waals surface area contributed by atoms with Crippen molar-refractivity contribution in [2.24, 2.45) is 4.99 Å². The van der Waals surface area contributed by atoms with Crippen LogP contribution in [0.3, 0.4) is 0 Å². The first kappa shape index (κ1) is 20.4. The van der Waals surface area contributed by atoms with Crippen LogP contribution in [-0.2, 0) is 11.3 Å². The summed E-state index contributed by atoms with van der Waals surface area (Å²) in [5.74, 6) is 0.439. The van der Waals surface area contributed by atoms with Crippen LogP contribution in [0.5, 0.6) is 11.5 Å². The smallest absolute Gasteiger partial charge is 0.283 e. The van der Waals surface area contributed by atoms with E-state index in [1.807, 2.05) is 23.6 Å². The van der Waals surface area contributed by atoms with E-state index in [2.05, 4.69) is 4.99 Å². The molecule has 28 heavy (non-hydrogen) atoms. The first-order valence-corrected chi connectivity index (χ1v) is 9.78. The van der Waals surface area contributed by atoms with Gasteiger partial charge in [0.1, 0.15) is 0 Å². The van der Waals surface area contributed by atoms with Crippen molar-refractivity contribution in [1.82, 2.24) is 4.57 Å². The van der Waals surface area contributed by atoms with Crippen LogP contribution in [0.2, 0.25) is 5.02 Å². The first-order valence-electron chi connectivity index (χ1n) is 8.59. The number of thiazole rings is 1. The molecule has 0 aliphatic heterocycles. The molecule has 0 radical (unpaired) electrons. The van der Waals surface area contributed by atoms with Crippen LogP contribution >= 0.6 is 22.9 Å². The fourth-order valence-electron chi connectivity index (χ4n) is 2.99. The van der Waals surface area contributed by atoms with Gasteiger partial charge in [-0.25, -0.2) is 0 Å². The number of aryl methyl sites for hydroxylation is 1. The van der Waals surface area contributed by atoms with Crippen molar-refractivity contribution in [3.63, 3.8) is 0 Å². The predicted molar refractivity (Wildman–Crippen MR) is 111 cm³/mol. The quantitative estimate of drug-likeness (QED) is 0.603. The van der Waals surface area contributed by atoms with Crippen molar-refractivity contribution in [3.05, 3.63) is 51.3 Å². The topological polar surface area (TPSA) is 62.1 Å². The lowest BCUT2D eigenvalue weighted by Crippen LogP contribution is -2.20. The number of nitrogens with zero attached hydrogens (tertiary/aromatic N) is 2. The largest absolute Gasteiger partial charge is 0.493 e. The van der Waals surface area contributed by atoms with Gasteiger partial charge in [-0.1, -0.05) is 29.0 Å². The molecule has 0 aliphatic rings. The lowest BCUT2D eigenvalue weighted by molar-refractivity contribution is 0.0993. The third-order valence-electron chi connectivity index (χ3n) is 4.38. The number of carbonyl (C=O) groups excluding carboxylic acids is 1. The van der Waals surface area contributed by atoms with Crippen LogP contribution in [-0.4, -0.2) is 38.4 Å². The van der Waals surface area contributed by atoms with Crippen molar-refractivity contribution in [3.8, 4) is 11.5 Å².